The van der Waals surface area contributed by atoms with Gasteiger partial charge in [0.05, 0.1) is 39.7 Å². The molecule has 0 aliphatic carbocycles. The molecule has 0 aliphatic rings. The number of hydrogen-bond donors (Lipinski definition) is 2. The lowest BCUT2D eigenvalue weighted by Crippen LogP contribution is -1.89. The maximum absolute atomic E-state index is 5.00. The van der Waals surface area contributed by atoms with Crippen LogP contribution in [0.25, 0.3) is 66.1 Å². The Morgan fingerprint density at radius 3 is 2.47 bits per heavy atom. The number of aryl methyl sites for hydroxylation is 1. The van der Waals surface area contributed by atoms with Crippen molar-refractivity contribution < 1.29 is 0 Å². The molecule has 36 heavy (non-hydrogen) atoms. The molecule has 0 amide bonds. The molecular weight excluding hydrogens is 444 g/mol. The molecule has 4 heterocycles. The summed E-state index contributed by atoms with van der Waals surface area (Å²) in [4.78, 5) is 25.9. The summed E-state index contributed by atoms with van der Waals surface area (Å²) in [5.74, 6) is 2.22. The van der Waals surface area contributed by atoms with E-state index < -0.39 is 0 Å². The van der Waals surface area contributed by atoms with Crippen LogP contribution in [-0.2, 0) is 0 Å². The van der Waals surface area contributed by atoms with Gasteiger partial charge in [-0.3, -0.25) is 4.98 Å². The standard InChI is InChI=1S/C30H24N6/c1-16(2)30-35-28-21-9-6-20(14-23(21)27-22(29(28)36-30)5-4-12-31-27)25-10-7-18-13-19(8-11-24(18)34-25)26-15-32-17(3)33-26/h4-16H,1-3H3,(H,32,33)(H,35,36). The molecule has 0 radical (unpaired) electrons. The van der Waals surface area contributed by atoms with E-state index in [-0.39, 0.29) is 0 Å². The molecule has 4 aromatic heterocycles. The lowest BCUT2D eigenvalue weighted by molar-refractivity contribution is 0.799. The fourth-order valence-corrected chi connectivity index (χ4v) is 5.00. The first-order valence-electron chi connectivity index (χ1n) is 12.2. The van der Waals surface area contributed by atoms with E-state index in [0.29, 0.717) is 5.92 Å². The van der Waals surface area contributed by atoms with Gasteiger partial charge in [0.1, 0.15) is 11.6 Å². The van der Waals surface area contributed by atoms with E-state index in [4.69, 9.17) is 15.0 Å². The summed E-state index contributed by atoms with van der Waals surface area (Å²) in [5.41, 5.74) is 8.08. The van der Waals surface area contributed by atoms with Crippen molar-refractivity contribution >= 4 is 43.6 Å². The highest BCUT2D eigenvalue weighted by Crippen LogP contribution is 2.36. The van der Waals surface area contributed by atoms with Gasteiger partial charge in [0, 0.05) is 44.8 Å². The van der Waals surface area contributed by atoms with Crippen LogP contribution in [0.15, 0.2) is 73.1 Å². The molecule has 0 saturated heterocycles. The first kappa shape index (κ1) is 20.8. The van der Waals surface area contributed by atoms with Crippen molar-refractivity contribution in [2.75, 3.05) is 0 Å². The number of benzene rings is 3. The molecule has 0 bridgehead atoms. The predicted molar refractivity (Wildman–Crippen MR) is 146 cm³/mol. The molecule has 2 N–H and O–H groups in total. The molecule has 0 spiro atoms. The Morgan fingerprint density at radius 2 is 1.64 bits per heavy atom. The minimum atomic E-state index is 0.318. The first-order valence-corrected chi connectivity index (χ1v) is 12.2. The molecule has 0 fully saturated rings. The van der Waals surface area contributed by atoms with Crippen molar-refractivity contribution in [1.29, 1.82) is 0 Å². The van der Waals surface area contributed by atoms with Gasteiger partial charge in [-0.15, -0.1) is 0 Å². The molecule has 6 nitrogen and oxygen atoms in total. The molecule has 6 heteroatoms. The van der Waals surface area contributed by atoms with E-state index in [9.17, 15) is 0 Å². The van der Waals surface area contributed by atoms with Gasteiger partial charge in [-0.2, -0.15) is 0 Å². The minimum absolute atomic E-state index is 0.318. The highest BCUT2D eigenvalue weighted by Gasteiger charge is 2.16. The Kier molecular flexibility index (Phi) is 4.45. The molecule has 7 rings (SSSR count). The zero-order valence-corrected chi connectivity index (χ0v) is 20.3. The molecule has 7 aromatic rings. The van der Waals surface area contributed by atoms with Crippen LogP contribution < -0.4 is 0 Å². The Labute approximate surface area is 207 Å². The van der Waals surface area contributed by atoms with E-state index in [1.165, 1.54) is 0 Å². The van der Waals surface area contributed by atoms with E-state index in [1.807, 2.05) is 25.4 Å². The van der Waals surface area contributed by atoms with Crippen molar-refractivity contribution in [2.24, 2.45) is 0 Å². The normalized spacial score (nSPS) is 12.0. The third-order valence-corrected chi connectivity index (χ3v) is 6.87. The van der Waals surface area contributed by atoms with Crippen molar-refractivity contribution in [2.45, 2.75) is 26.7 Å². The van der Waals surface area contributed by atoms with E-state index >= 15 is 0 Å². The number of pyridine rings is 2. The second kappa shape index (κ2) is 7.71. The fraction of sp³-hybridized carbons (Fsp3) is 0.133. The van der Waals surface area contributed by atoms with E-state index in [1.54, 1.807) is 0 Å². The number of nitrogens with zero attached hydrogens (tertiary/aromatic N) is 4. The van der Waals surface area contributed by atoms with Gasteiger partial charge in [-0.1, -0.05) is 38.1 Å². The van der Waals surface area contributed by atoms with E-state index in [0.717, 1.165) is 77.8 Å². The van der Waals surface area contributed by atoms with Crippen LogP contribution in [0.5, 0.6) is 0 Å². The van der Waals surface area contributed by atoms with Gasteiger partial charge >= 0.3 is 0 Å². The summed E-state index contributed by atoms with van der Waals surface area (Å²) in [5, 5.41) is 4.38. The average molecular weight is 469 g/mol. The average Bonchev–Trinajstić information content (AvgIpc) is 3.55. The smallest absolute Gasteiger partial charge is 0.109 e. The van der Waals surface area contributed by atoms with Crippen LogP contribution in [0.3, 0.4) is 0 Å². The van der Waals surface area contributed by atoms with Gasteiger partial charge in [-0.25, -0.2) is 15.0 Å². The maximum Gasteiger partial charge on any atom is 0.109 e. The lowest BCUT2D eigenvalue weighted by atomic mass is 9.99. The molecule has 0 saturated carbocycles. The molecular formula is C30H24N6. The molecule has 0 atom stereocenters. The third-order valence-electron chi connectivity index (χ3n) is 6.87. The minimum Gasteiger partial charge on any atom is -0.342 e. The van der Waals surface area contributed by atoms with Crippen LogP contribution in [0.1, 0.15) is 31.4 Å². The van der Waals surface area contributed by atoms with Crippen molar-refractivity contribution in [1.82, 2.24) is 29.9 Å². The molecule has 174 valence electrons. The van der Waals surface area contributed by atoms with Crippen LogP contribution >= 0.6 is 0 Å². The fourth-order valence-electron chi connectivity index (χ4n) is 5.00. The summed E-state index contributed by atoms with van der Waals surface area (Å²) in [6.07, 6.45) is 3.72. The van der Waals surface area contributed by atoms with Crippen molar-refractivity contribution in [3.63, 3.8) is 0 Å². The summed E-state index contributed by atoms with van der Waals surface area (Å²) >= 11 is 0. The van der Waals surface area contributed by atoms with Crippen LogP contribution in [0.4, 0.5) is 0 Å². The maximum atomic E-state index is 5.00. The quantitative estimate of drug-likeness (QED) is 0.267. The Bertz CT molecular complexity index is 1940. The predicted octanol–water partition coefficient (Wildman–Crippen LogP) is 7.30. The van der Waals surface area contributed by atoms with E-state index in [2.05, 4.69) is 83.4 Å². The number of hydrogen-bond acceptors (Lipinski definition) is 4. The topological polar surface area (TPSA) is 83.1 Å². The van der Waals surface area contributed by atoms with Crippen molar-refractivity contribution in [3.05, 3.63) is 84.7 Å². The molecule has 0 aliphatic heterocycles. The summed E-state index contributed by atoms with van der Waals surface area (Å²) < 4.78 is 0. The van der Waals surface area contributed by atoms with Gasteiger partial charge in [0.2, 0.25) is 0 Å². The second-order valence-electron chi connectivity index (χ2n) is 9.65. The zero-order valence-electron chi connectivity index (χ0n) is 20.3. The SMILES string of the molecule is Cc1ncc(-c2ccc3nc(-c4ccc5c(c4)c4ncccc4c4nc(C(C)C)[nH]c54)ccc3c2)[nH]1. The van der Waals surface area contributed by atoms with Crippen LogP contribution in [0, 0.1) is 6.92 Å². The second-order valence-corrected chi connectivity index (χ2v) is 9.65. The number of aromatic amines is 2. The molecule has 3 aromatic carbocycles. The van der Waals surface area contributed by atoms with Crippen molar-refractivity contribution in [3.8, 4) is 22.5 Å². The van der Waals surface area contributed by atoms with Gasteiger partial charge in [0.15, 0.2) is 0 Å². The third kappa shape index (κ3) is 3.18. The number of rotatable bonds is 3. The number of H-pyrrole nitrogens is 2. The summed E-state index contributed by atoms with van der Waals surface area (Å²) in [7, 11) is 0. The van der Waals surface area contributed by atoms with Gasteiger partial charge in [-0.05, 0) is 43.3 Å². The number of aromatic nitrogens is 6. The number of fused-ring (bicyclic) bond motifs is 7. The monoisotopic (exact) mass is 468 g/mol. The summed E-state index contributed by atoms with van der Waals surface area (Å²) in [6.45, 7) is 6.27. The van der Waals surface area contributed by atoms with Crippen LogP contribution in [0.2, 0.25) is 0 Å². The highest BCUT2D eigenvalue weighted by molar-refractivity contribution is 6.22. The Morgan fingerprint density at radius 1 is 0.750 bits per heavy atom. The first-order chi connectivity index (χ1) is 17.5. The Hall–Kier alpha value is -4.58. The van der Waals surface area contributed by atoms with Crippen LogP contribution in [-0.4, -0.2) is 29.9 Å². The Balaban J connectivity index is 1.39. The zero-order chi connectivity index (χ0) is 24.4. The highest BCUT2D eigenvalue weighted by atomic mass is 14.9. The molecule has 0 unspecified atom stereocenters. The van der Waals surface area contributed by atoms with Gasteiger partial charge in [0.25, 0.3) is 0 Å². The largest absolute Gasteiger partial charge is 0.342 e. The number of nitrogens with one attached hydrogen (secondary N) is 2. The lowest BCUT2D eigenvalue weighted by Gasteiger charge is -2.09. The summed E-state index contributed by atoms with van der Waals surface area (Å²) in [6, 6.07) is 21.1. The number of imidazole rings is 2. The van der Waals surface area contributed by atoms with Gasteiger partial charge < -0.3 is 9.97 Å².